The highest BCUT2D eigenvalue weighted by Gasteiger charge is 2.27. The fraction of sp³-hybridized carbons (Fsp3) is 0.417. The Hall–Kier alpha value is -0.820. The van der Waals surface area contributed by atoms with E-state index in [2.05, 4.69) is 27.9 Å². The van der Waals surface area contributed by atoms with Crippen LogP contribution in [-0.4, -0.2) is 27.8 Å². The number of nitrogens with one attached hydrogen (secondary N) is 1. The molecule has 0 aliphatic rings. The molecule has 0 radical (unpaired) electrons. The molecule has 1 unspecified atom stereocenters. The van der Waals surface area contributed by atoms with E-state index in [0.29, 0.717) is 0 Å². The van der Waals surface area contributed by atoms with E-state index in [4.69, 9.17) is 0 Å². The summed E-state index contributed by atoms with van der Waals surface area (Å²) in [7, 11) is 0. The van der Waals surface area contributed by atoms with Gasteiger partial charge >= 0.3 is 0 Å². The number of carbonyl (C=O) groups excluding carboxylic acids is 1. The molecule has 3 N–H and O–H groups in total. The van der Waals surface area contributed by atoms with Crippen LogP contribution in [0.15, 0.2) is 18.2 Å². The third kappa shape index (κ3) is 3.57. The zero-order chi connectivity index (χ0) is 13.2. The van der Waals surface area contributed by atoms with Crippen LogP contribution in [0.2, 0.25) is 0 Å². The highest BCUT2D eigenvalue weighted by Crippen LogP contribution is 2.20. The average Bonchev–Trinajstić information content (AvgIpc) is 2.20. The highest BCUT2D eigenvalue weighted by molar-refractivity contribution is 14.1. The van der Waals surface area contributed by atoms with E-state index in [0.717, 1.165) is 3.57 Å². The summed E-state index contributed by atoms with van der Waals surface area (Å²) in [4.78, 5) is 12.0. The first-order valence-electron chi connectivity index (χ1n) is 5.23. The van der Waals surface area contributed by atoms with Gasteiger partial charge in [-0.05, 0) is 61.6 Å². The summed E-state index contributed by atoms with van der Waals surface area (Å²) >= 11 is 2.07. The number of phenols is 1. The Bertz CT molecular complexity index is 430. The molecule has 1 amide bonds. The van der Waals surface area contributed by atoms with Gasteiger partial charge in [0.15, 0.2) is 0 Å². The first-order chi connectivity index (χ1) is 7.74. The second kappa shape index (κ2) is 5.22. The molecule has 0 fully saturated rings. The van der Waals surface area contributed by atoms with Gasteiger partial charge in [-0.25, -0.2) is 0 Å². The number of aliphatic hydroxyl groups excluding tert-OH is 1. The molecule has 1 atom stereocenters. The molecule has 17 heavy (non-hydrogen) atoms. The summed E-state index contributed by atoms with van der Waals surface area (Å²) in [5.41, 5.74) is -0.532. The summed E-state index contributed by atoms with van der Waals surface area (Å²) in [6, 6.07) is 4.79. The largest absolute Gasteiger partial charge is 0.507 e. The molecule has 94 valence electrons. The average molecular weight is 349 g/mol. The van der Waals surface area contributed by atoms with Gasteiger partial charge in [-0.1, -0.05) is 0 Å². The lowest BCUT2D eigenvalue weighted by Gasteiger charge is -2.29. The monoisotopic (exact) mass is 349 g/mol. The maximum atomic E-state index is 12.0. The first-order valence-corrected chi connectivity index (χ1v) is 6.31. The van der Waals surface area contributed by atoms with Crippen molar-refractivity contribution in [2.75, 3.05) is 0 Å². The number of amides is 1. The van der Waals surface area contributed by atoms with E-state index in [-0.39, 0.29) is 11.3 Å². The quantitative estimate of drug-likeness (QED) is 0.730. The summed E-state index contributed by atoms with van der Waals surface area (Å²) in [5, 5.41) is 21.8. The molecule has 1 aromatic rings. The maximum absolute atomic E-state index is 12.0. The summed E-state index contributed by atoms with van der Waals surface area (Å²) in [5.74, 6) is -0.462. The molecule has 0 aliphatic heterocycles. The number of aromatic hydroxyl groups is 1. The SMILES string of the molecule is CC(O)C(C)(C)NC(=O)c1cc(I)ccc1O. The predicted molar refractivity (Wildman–Crippen MR) is 74.0 cm³/mol. The van der Waals surface area contributed by atoms with Crippen molar-refractivity contribution < 1.29 is 15.0 Å². The molecule has 0 saturated carbocycles. The van der Waals surface area contributed by atoms with Gasteiger partial charge in [0.1, 0.15) is 5.75 Å². The number of phenolic OH excluding ortho intramolecular Hbond substituents is 1. The third-order valence-electron chi connectivity index (χ3n) is 2.68. The van der Waals surface area contributed by atoms with Gasteiger partial charge in [-0.2, -0.15) is 0 Å². The molecular weight excluding hydrogens is 333 g/mol. The minimum Gasteiger partial charge on any atom is -0.507 e. The second-order valence-electron chi connectivity index (χ2n) is 4.51. The smallest absolute Gasteiger partial charge is 0.255 e. The lowest BCUT2D eigenvalue weighted by atomic mass is 9.98. The normalized spacial score (nSPS) is 13.2. The lowest BCUT2D eigenvalue weighted by Crippen LogP contribution is -2.51. The number of hydrogen-bond donors (Lipinski definition) is 3. The number of hydrogen-bond acceptors (Lipinski definition) is 3. The molecule has 1 aromatic carbocycles. The van der Waals surface area contributed by atoms with Gasteiger partial charge in [0.2, 0.25) is 0 Å². The number of carbonyl (C=O) groups is 1. The van der Waals surface area contributed by atoms with Crippen LogP contribution in [0.3, 0.4) is 0 Å². The van der Waals surface area contributed by atoms with Crippen molar-refractivity contribution in [3.63, 3.8) is 0 Å². The molecule has 4 nitrogen and oxygen atoms in total. The fourth-order valence-corrected chi connectivity index (χ4v) is 1.65. The van der Waals surface area contributed by atoms with Crippen LogP contribution < -0.4 is 5.32 Å². The van der Waals surface area contributed by atoms with E-state index in [9.17, 15) is 15.0 Å². The van der Waals surface area contributed by atoms with E-state index < -0.39 is 17.6 Å². The van der Waals surface area contributed by atoms with E-state index in [1.165, 1.54) is 6.07 Å². The molecule has 0 aliphatic carbocycles. The molecule has 1 rings (SSSR count). The van der Waals surface area contributed by atoms with E-state index >= 15 is 0 Å². The van der Waals surface area contributed by atoms with Crippen LogP contribution in [-0.2, 0) is 0 Å². The standard InChI is InChI=1S/C12H16INO3/c1-7(15)12(2,3)14-11(17)9-6-8(13)4-5-10(9)16/h4-7,15-16H,1-3H3,(H,14,17). The van der Waals surface area contributed by atoms with Crippen LogP contribution in [0.25, 0.3) is 0 Å². The van der Waals surface area contributed by atoms with E-state index in [1.54, 1.807) is 32.9 Å². The summed E-state index contributed by atoms with van der Waals surface area (Å²) in [6.07, 6.45) is -0.684. The van der Waals surface area contributed by atoms with Crippen molar-refractivity contribution in [3.8, 4) is 5.75 Å². The minimum atomic E-state index is -0.745. The van der Waals surface area contributed by atoms with Crippen LogP contribution in [0.1, 0.15) is 31.1 Å². The molecule has 5 heteroatoms. The van der Waals surface area contributed by atoms with Crippen molar-refractivity contribution in [3.05, 3.63) is 27.3 Å². The molecule has 0 aromatic heterocycles. The van der Waals surface area contributed by atoms with Crippen LogP contribution in [0.5, 0.6) is 5.75 Å². The molecule has 0 spiro atoms. The van der Waals surface area contributed by atoms with Gasteiger partial charge in [0.05, 0.1) is 17.2 Å². The van der Waals surface area contributed by atoms with Crippen LogP contribution in [0, 0.1) is 3.57 Å². The Morgan fingerprint density at radius 3 is 2.59 bits per heavy atom. The van der Waals surface area contributed by atoms with Crippen LogP contribution >= 0.6 is 22.6 Å². The Morgan fingerprint density at radius 1 is 1.47 bits per heavy atom. The minimum absolute atomic E-state index is 0.0655. The third-order valence-corrected chi connectivity index (χ3v) is 3.35. The number of benzene rings is 1. The van der Waals surface area contributed by atoms with Gasteiger partial charge in [0, 0.05) is 3.57 Å². The molecule has 0 heterocycles. The van der Waals surface area contributed by atoms with Crippen molar-refractivity contribution in [2.24, 2.45) is 0 Å². The number of rotatable bonds is 3. The second-order valence-corrected chi connectivity index (χ2v) is 5.76. The summed E-state index contributed by atoms with van der Waals surface area (Å²) < 4.78 is 0.861. The highest BCUT2D eigenvalue weighted by atomic mass is 127. The van der Waals surface area contributed by atoms with E-state index in [1.807, 2.05) is 0 Å². The van der Waals surface area contributed by atoms with Crippen molar-refractivity contribution in [1.29, 1.82) is 0 Å². The topological polar surface area (TPSA) is 69.6 Å². The Labute approximate surface area is 114 Å². The van der Waals surface area contributed by atoms with Crippen LogP contribution in [0.4, 0.5) is 0 Å². The number of halogens is 1. The van der Waals surface area contributed by atoms with Crippen molar-refractivity contribution in [2.45, 2.75) is 32.4 Å². The summed E-state index contributed by atoms with van der Waals surface area (Å²) in [6.45, 7) is 5.05. The lowest BCUT2D eigenvalue weighted by molar-refractivity contribution is 0.0707. The Kier molecular flexibility index (Phi) is 4.37. The maximum Gasteiger partial charge on any atom is 0.255 e. The number of aliphatic hydroxyl groups is 1. The zero-order valence-electron chi connectivity index (χ0n) is 9.99. The molecule has 0 saturated heterocycles. The molecule has 0 bridgehead atoms. The Balaban J connectivity index is 2.94. The fourth-order valence-electron chi connectivity index (χ4n) is 1.15. The van der Waals surface area contributed by atoms with Gasteiger partial charge < -0.3 is 15.5 Å². The van der Waals surface area contributed by atoms with Gasteiger partial charge in [-0.3, -0.25) is 4.79 Å². The zero-order valence-corrected chi connectivity index (χ0v) is 12.1. The first kappa shape index (κ1) is 14.2. The predicted octanol–water partition coefficient (Wildman–Crippen LogP) is 1.89. The Morgan fingerprint density at radius 2 is 2.06 bits per heavy atom. The van der Waals surface area contributed by atoms with Crippen molar-refractivity contribution in [1.82, 2.24) is 5.32 Å². The van der Waals surface area contributed by atoms with Gasteiger partial charge in [0.25, 0.3) is 5.91 Å². The molecular formula is C12H16INO3. The van der Waals surface area contributed by atoms with Crippen molar-refractivity contribution >= 4 is 28.5 Å². The van der Waals surface area contributed by atoms with Gasteiger partial charge in [-0.15, -0.1) is 0 Å².